The number of anilines is 2. The Labute approximate surface area is 106 Å². The largest absolute Gasteiger partial charge is 0.354 e. The summed E-state index contributed by atoms with van der Waals surface area (Å²) in [4.78, 5) is 14.7. The van der Waals surface area contributed by atoms with Gasteiger partial charge in [0.15, 0.2) is 0 Å². The summed E-state index contributed by atoms with van der Waals surface area (Å²) < 4.78 is 0. The molecule has 6 heteroatoms. The van der Waals surface area contributed by atoms with Gasteiger partial charge >= 0.3 is 0 Å². The number of hydrazine groups is 1. The lowest BCUT2D eigenvalue weighted by molar-refractivity contribution is 0.855. The van der Waals surface area contributed by atoms with Crippen molar-refractivity contribution in [2.45, 2.75) is 13.5 Å². The quantitative estimate of drug-likeness (QED) is 0.619. The number of aromatic nitrogens is 3. The predicted molar refractivity (Wildman–Crippen MR) is 70.9 cm³/mol. The highest BCUT2D eigenvalue weighted by atomic mass is 15.3. The standard InChI is InChI=1S/C12H16N6/c1-9-4-3-5-10(15-9)8-18(2)11-6-7-14-12(16-11)17-13/h3-7H,8,13H2,1-2H3,(H,14,16,17). The van der Waals surface area contributed by atoms with Crippen molar-refractivity contribution in [1.29, 1.82) is 0 Å². The maximum Gasteiger partial charge on any atom is 0.239 e. The number of pyridine rings is 1. The number of nitrogens with one attached hydrogen (secondary N) is 1. The number of nitrogen functional groups attached to an aromatic ring is 1. The number of rotatable bonds is 4. The van der Waals surface area contributed by atoms with Crippen molar-refractivity contribution >= 4 is 11.8 Å². The Morgan fingerprint density at radius 2 is 2.11 bits per heavy atom. The van der Waals surface area contributed by atoms with Gasteiger partial charge in [-0.15, -0.1) is 0 Å². The Morgan fingerprint density at radius 1 is 1.28 bits per heavy atom. The summed E-state index contributed by atoms with van der Waals surface area (Å²) >= 11 is 0. The maximum absolute atomic E-state index is 5.29. The van der Waals surface area contributed by atoms with Crippen molar-refractivity contribution in [3.05, 3.63) is 41.9 Å². The van der Waals surface area contributed by atoms with Gasteiger partial charge in [0.2, 0.25) is 5.95 Å². The molecule has 0 aromatic carbocycles. The zero-order valence-electron chi connectivity index (χ0n) is 10.5. The van der Waals surface area contributed by atoms with E-state index in [1.807, 2.05) is 43.1 Å². The summed E-state index contributed by atoms with van der Waals surface area (Å²) in [6, 6.07) is 7.80. The summed E-state index contributed by atoms with van der Waals surface area (Å²) in [6.07, 6.45) is 1.66. The normalized spacial score (nSPS) is 10.2. The maximum atomic E-state index is 5.29. The van der Waals surface area contributed by atoms with Crippen LogP contribution in [0.3, 0.4) is 0 Å². The molecule has 0 saturated carbocycles. The molecule has 2 rings (SSSR count). The van der Waals surface area contributed by atoms with Crippen molar-refractivity contribution in [3.63, 3.8) is 0 Å². The van der Waals surface area contributed by atoms with Crippen LogP contribution >= 0.6 is 0 Å². The van der Waals surface area contributed by atoms with Gasteiger partial charge in [0, 0.05) is 18.9 Å². The molecule has 0 radical (unpaired) electrons. The summed E-state index contributed by atoms with van der Waals surface area (Å²) in [5, 5.41) is 0. The van der Waals surface area contributed by atoms with Crippen LogP contribution in [0.5, 0.6) is 0 Å². The average Bonchev–Trinajstić information content (AvgIpc) is 2.39. The molecule has 94 valence electrons. The van der Waals surface area contributed by atoms with Crippen molar-refractivity contribution in [1.82, 2.24) is 15.0 Å². The van der Waals surface area contributed by atoms with Gasteiger partial charge in [-0.25, -0.2) is 10.8 Å². The number of hydrogen-bond acceptors (Lipinski definition) is 6. The lowest BCUT2D eigenvalue weighted by Gasteiger charge is -2.18. The van der Waals surface area contributed by atoms with E-state index in [0.717, 1.165) is 17.2 Å². The minimum Gasteiger partial charge on any atom is -0.354 e. The second kappa shape index (κ2) is 5.42. The summed E-state index contributed by atoms with van der Waals surface area (Å²) in [5.74, 6) is 6.48. The molecular formula is C12H16N6. The Morgan fingerprint density at radius 3 is 2.83 bits per heavy atom. The molecule has 6 nitrogen and oxygen atoms in total. The van der Waals surface area contributed by atoms with E-state index in [1.54, 1.807) is 6.20 Å². The second-order valence-corrected chi connectivity index (χ2v) is 4.01. The zero-order valence-corrected chi connectivity index (χ0v) is 10.5. The Hall–Kier alpha value is -2.21. The first-order chi connectivity index (χ1) is 8.69. The predicted octanol–water partition coefficient (Wildman–Crippen LogP) is 1.10. The van der Waals surface area contributed by atoms with E-state index in [1.165, 1.54) is 0 Å². The van der Waals surface area contributed by atoms with E-state index in [-0.39, 0.29) is 0 Å². The first-order valence-electron chi connectivity index (χ1n) is 5.62. The molecule has 2 aromatic rings. The Balaban J connectivity index is 2.13. The van der Waals surface area contributed by atoms with Gasteiger partial charge in [0.25, 0.3) is 0 Å². The molecule has 0 aliphatic heterocycles. The first-order valence-corrected chi connectivity index (χ1v) is 5.62. The fourth-order valence-electron chi connectivity index (χ4n) is 1.64. The molecular weight excluding hydrogens is 228 g/mol. The van der Waals surface area contributed by atoms with Crippen molar-refractivity contribution in [3.8, 4) is 0 Å². The smallest absolute Gasteiger partial charge is 0.239 e. The van der Waals surface area contributed by atoms with E-state index < -0.39 is 0 Å². The van der Waals surface area contributed by atoms with Crippen LogP contribution in [0.1, 0.15) is 11.4 Å². The van der Waals surface area contributed by atoms with E-state index in [2.05, 4.69) is 20.4 Å². The fourth-order valence-corrected chi connectivity index (χ4v) is 1.64. The van der Waals surface area contributed by atoms with E-state index >= 15 is 0 Å². The minimum absolute atomic E-state index is 0.400. The summed E-state index contributed by atoms with van der Waals surface area (Å²) in [6.45, 7) is 2.66. The number of nitrogens with two attached hydrogens (primary N) is 1. The van der Waals surface area contributed by atoms with Crippen LogP contribution in [0, 0.1) is 6.92 Å². The average molecular weight is 244 g/mol. The molecule has 0 fully saturated rings. The van der Waals surface area contributed by atoms with Crippen LogP contribution in [0.25, 0.3) is 0 Å². The van der Waals surface area contributed by atoms with Crippen LogP contribution < -0.4 is 16.2 Å². The van der Waals surface area contributed by atoms with E-state index in [4.69, 9.17) is 5.84 Å². The van der Waals surface area contributed by atoms with Gasteiger partial charge in [0.1, 0.15) is 5.82 Å². The minimum atomic E-state index is 0.400. The Bertz CT molecular complexity index is 527. The topological polar surface area (TPSA) is 80.0 Å². The molecule has 0 atom stereocenters. The highest BCUT2D eigenvalue weighted by molar-refractivity contribution is 5.41. The van der Waals surface area contributed by atoms with Crippen LogP contribution in [-0.4, -0.2) is 22.0 Å². The molecule has 0 aliphatic carbocycles. The fraction of sp³-hybridized carbons (Fsp3) is 0.250. The number of hydrogen-bond donors (Lipinski definition) is 2. The molecule has 0 aliphatic rings. The highest BCUT2D eigenvalue weighted by Crippen LogP contribution is 2.12. The number of nitrogens with zero attached hydrogens (tertiary/aromatic N) is 4. The van der Waals surface area contributed by atoms with E-state index in [0.29, 0.717) is 12.5 Å². The Kier molecular flexibility index (Phi) is 3.69. The van der Waals surface area contributed by atoms with E-state index in [9.17, 15) is 0 Å². The van der Waals surface area contributed by atoms with Gasteiger partial charge in [-0.05, 0) is 25.1 Å². The molecule has 0 unspecified atom stereocenters. The third kappa shape index (κ3) is 2.92. The lowest BCUT2D eigenvalue weighted by Crippen LogP contribution is -2.20. The van der Waals surface area contributed by atoms with Gasteiger partial charge in [-0.2, -0.15) is 4.98 Å². The summed E-state index contributed by atoms with van der Waals surface area (Å²) in [7, 11) is 1.95. The molecule has 0 saturated heterocycles. The van der Waals surface area contributed by atoms with Gasteiger partial charge in [-0.1, -0.05) is 6.07 Å². The van der Waals surface area contributed by atoms with Crippen LogP contribution in [0.4, 0.5) is 11.8 Å². The molecule has 2 aromatic heterocycles. The van der Waals surface area contributed by atoms with Crippen molar-refractivity contribution in [2.24, 2.45) is 5.84 Å². The molecule has 3 N–H and O–H groups in total. The number of aryl methyl sites for hydroxylation is 1. The van der Waals surface area contributed by atoms with Gasteiger partial charge < -0.3 is 4.90 Å². The third-order valence-electron chi connectivity index (χ3n) is 2.51. The molecule has 18 heavy (non-hydrogen) atoms. The van der Waals surface area contributed by atoms with Gasteiger partial charge in [0.05, 0.1) is 12.2 Å². The van der Waals surface area contributed by atoms with Crippen LogP contribution in [0.2, 0.25) is 0 Å². The van der Waals surface area contributed by atoms with Crippen LogP contribution in [-0.2, 0) is 6.54 Å². The van der Waals surface area contributed by atoms with Gasteiger partial charge in [-0.3, -0.25) is 10.4 Å². The first kappa shape index (κ1) is 12.3. The lowest BCUT2D eigenvalue weighted by atomic mass is 10.3. The summed E-state index contributed by atoms with van der Waals surface area (Å²) in [5.41, 5.74) is 4.44. The molecule has 0 bridgehead atoms. The third-order valence-corrected chi connectivity index (χ3v) is 2.51. The van der Waals surface area contributed by atoms with Crippen LogP contribution in [0.15, 0.2) is 30.5 Å². The molecule has 0 spiro atoms. The molecule has 0 amide bonds. The SMILES string of the molecule is Cc1cccc(CN(C)c2ccnc(NN)n2)n1. The van der Waals surface area contributed by atoms with Crippen molar-refractivity contribution < 1.29 is 0 Å². The zero-order chi connectivity index (χ0) is 13.0. The van der Waals surface area contributed by atoms with Crippen molar-refractivity contribution in [2.75, 3.05) is 17.4 Å². The molecule has 2 heterocycles. The monoisotopic (exact) mass is 244 g/mol. The second-order valence-electron chi connectivity index (χ2n) is 4.01. The highest BCUT2D eigenvalue weighted by Gasteiger charge is 2.05.